The molecule has 0 aromatic heterocycles. The van der Waals surface area contributed by atoms with Gasteiger partial charge in [0.15, 0.2) is 0 Å². The van der Waals surface area contributed by atoms with Crippen LogP contribution in [0.5, 0.6) is 0 Å². The van der Waals surface area contributed by atoms with Gasteiger partial charge < -0.3 is 0 Å². The summed E-state index contributed by atoms with van der Waals surface area (Å²) in [5, 5.41) is 0. The molecule has 0 aliphatic rings. The van der Waals surface area contributed by atoms with E-state index < -0.39 is 25.3 Å². The summed E-state index contributed by atoms with van der Waals surface area (Å²) in [5.41, 5.74) is 0. The van der Waals surface area contributed by atoms with E-state index in [2.05, 4.69) is 0 Å². The van der Waals surface area contributed by atoms with Crippen molar-refractivity contribution in [2.45, 2.75) is 0 Å². The Balaban J connectivity index is 0. The molecule has 0 fully saturated rings. The summed E-state index contributed by atoms with van der Waals surface area (Å²) in [6, 6.07) is 0. The van der Waals surface area contributed by atoms with Crippen molar-refractivity contribution < 1.29 is 34.2 Å². The molecule has 1 N–H and O–H groups in total. The smallest absolute Gasteiger partial charge is 0.260 e. The maximum atomic E-state index is 10.2. The Morgan fingerprint density at radius 3 is 1.00 bits per heavy atom. The van der Waals surface area contributed by atoms with E-state index in [0.717, 1.165) is 0 Å². The first kappa shape index (κ1) is 13.6. The van der Waals surface area contributed by atoms with Gasteiger partial charge in [-0.3, -0.25) is 4.55 Å². The van der Waals surface area contributed by atoms with Crippen molar-refractivity contribution in [3.05, 3.63) is 0 Å². The van der Waals surface area contributed by atoms with E-state index in [4.69, 9.17) is 13.0 Å². The molecule has 0 radical (unpaired) electrons. The van der Waals surface area contributed by atoms with Crippen LogP contribution in [-0.4, -0.2) is 27.8 Å². The fraction of sp³-hybridized carbons (Fsp3) is 0. The van der Waals surface area contributed by atoms with Crippen molar-refractivity contribution in [1.29, 1.82) is 0 Å². The minimum Gasteiger partial charge on any atom is -0.260 e. The van der Waals surface area contributed by atoms with E-state index in [1.165, 1.54) is 0 Å². The number of rotatable bonds is 0. The van der Waals surface area contributed by atoms with Crippen LogP contribution in [0.15, 0.2) is 0 Å². The van der Waals surface area contributed by atoms with Crippen LogP contribution in [0.3, 0.4) is 0 Å². The van der Waals surface area contributed by atoms with Gasteiger partial charge in [-0.05, 0) is 0 Å². The molecule has 0 bridgehead atoms. The van der Waals surface area contributed by atoms with Crippen molar-refractivity contribution in [2.24, 2.45) is 0 Å². The molecule has 0 rings (SSSR count). The van der Waals surface area contributed by atoms with E-state index in [1.807, 2.05) is 0 Å². The van der Waals surface area contributed by atoms with Crippen LogP contribution in [0.4, 0.5) is 21.2 Å². The van der Waals surface area contributed by atoms with Crippen LogP contribution in [-0.2, 0) is 10.5 Å². The average Bonchev–Trinajstić information content (AvgIpc) is 1.07. The maximum Gasteiger partial charge on any atom is 0.435 e. The van der Waals surface area contributed by atoms with E-state index in [1.54, 1.807) is 0 Å². The average molecular weight is 270 g/mol. The number of hydrogen-bond donors (Lipinski definition) is 1. The molecule has 0 saturated heterocycles. The van der Waals surface area contributed by atoms with Gasteiger partial charge in [-0.2, -0.15) is 8.42 Å². The molecule has 0 unspecified atom stereocenters. The Bertz CT molecular complexity index is 183. The zero-order valence-corrected chi connectivity index (χ0v) is 7.08. The monoisotopic (exact) mass is 270 g/mol. The van der Waals surface area contributed by atoms with Crippen LogP contribution < -0.4 is 0 Å². The fourth-order valence-corrected chi connectivity index (χ4v) is 0. The van der Waals surface area contributed by atoms with Gasteiger partial charge in [0.05, 0.1) is 0 Å². The summed E-state index contributed by atoms with van der Waals surface area (Å²) in [6.07, 6.45) is 0. The fourth-order valence-electron chi connectivity index (χ4n) is 0. The Labute approximate surface area is 60.2 Å². The number of hydrogen-bond acceptors (Lipinski definition) is 2. The van der Waals surface area contributed by atoms with Gasteiger partial charge in [0.2, 0.25) is 0 Å². The normalized spacial score (nSPS) is 15.7. The Morgan fingerprint density at radius 1 is 1.00 bits per heavy atom. The molecule has 0 heterocycles. The van der Waals surface area contributed by atoms with Crippen molar-refractivity contribution >= 4 is 25.3 Å². The zero-order valence-electron chi connectivity index (χ0n) is 4.39. The van der Waals surface area contributed by atoms with Gasteiger partial charge >= 0.3 is 42.6 Å². The molecule has 0 saturated carbocycles. The summed E-state index contributed by atoms with van der Waals surface area (Å²) in [4.78, 5) is 0. The van der Waals surface area contributed by atoms with Crippen molar-refractivity contribution in [3.8, 4) is 0 Å². The molecule has 0 spiro atoms. The topological polar surface area (TPSA) is 54.4 Å². The van der Waals surface area contributed by atoms with Crippen LogP contribution in [0.1, 0.15) is 0 Å². The predicted octanol–water partition coefficient (Wildman–Crippen LogP) is 1.48. The van der Waals surface area contributed by atoms with Crippen LogP contribution in [0.25, 0.3) is 0 Å². The molecule has 0 aromatic carbocycles. The van der Waals surface area contributed by atoms with Crippen LogP contribution >= 0.6 is 0 Å². The molecule has 0 aliphatic carbocycles. The molecular formula is HAsF6O3S. The Hall–Kier alpha value is 0.0484. The second-order valence-corrected chi connectivity index (χ2v) is 4.56. The first-order valence-electron chi connectivity index (χ1n) is 1.52. The molecule has 11 heavy (non-hydrogen) atoms. The standard InChI is InChI=1S/AsF5.FHO3S/c2-1(3,4,5)6;1-5(2,3)4/h;(H,2,3,4). The maximum absolute atomic E-state index is 10.2. The van der Waals surface area contributed by atoms with Crippen molar-refractivity contribution in [3.63, 3.8) is 0 Å². The first-order chi connectivity index (χ1) is 4.24. The van der Waals surface area contributed by atoms with E-state index >= 15 is 0 Å². The van der Waals surface area contributed by atoms with Gasteiger partial charge in [0.25, 0.3) is 0 Å². The first-order valence-corrected chi connectivity index (χ1v) is 6.40. The van der Waals surface area contributed by atoms with Crippen molar-refractivity contribution in [1.82, 2.24) is 0 Å². The van der Waals surface area contributed by atoms with Gasteiger partial charge in [-0.1, -0.05) is 3.89 Å². The van der Waals surface area contributed by atoms with Crippen LogP contribution in [0, 0.1) is 0 Å². The van der Waals surface area contributed by atoms with Crippen molar-refractivity contribution in [2.75, 3.05) is 0 Å². The number of halogens is 6. The molecule has 0 amide bonds. The van der Waals surface area contributed by atoms with E-state index in [0.29, 0.717) is 0 Å². The summed E-state index contributed by atoms with van der Waals surface area (Å²) < 4.78 is 83.5. The van der Waals surface area contributed by atoms with Gasteiger partial charge in [-0.15, -0.1) is 0 Å². The zero-order chi connectivity index (χ0) is 9.95. The van der Waals surface area contributed by atoms with Gasteiger partial charge in [-0.25, -0.2) is 0 Å². The summed E-state index contributed by atoms with van der Waals surface area (Å²) in [5.74, 6) is 0. The predicted molar refractivity (Wildman–Crippen MR) is 24.0 cm³/mol. The Kier molecular flexibility index (Phi) is 3.96. The summed E-state index contributed by atoms with van der Waals surface area (Å²) >= 11 is -8.99. The summed E-state index contributed by atoms with van der Waals surface area (Å²) in [7, 11) is -5.17. The SMILES string of the molecule is F[As](F)(F)(F)F.O=S(=O)(O)F. The molecular weight excluding hydrogens is 269 g/mol. The quantitative estimate of drug-likeness (QED) is 0.314. The molecule has 0 aliphatic heterocycles. The second-order valence-electron chi connectivity index (χ2n) is 1.05. The third-order valence-corrected chi connectivity index (χ3v) is 0. The largest absolute Gasteiger partial charge is 0.435 e. The van der Waals surface area contributed by atoms with E-state index in [-0.39, 0.29) is 0 Å². The molecule has 0 aromatic rings. The minimum atomic E-state index is -8.99. The Morgan fingerprint density at radius 2 is 1.00 bits per heavy atom. The minimum absolute atomic E-state index is 5.17. The third-order valence-electron chi connectivity index (χ3n) is 0. The van der Waals surface area contributed by atoms with Crippen LogP contribution in [0.2, 0.25) is 0 Å². The summed E-state index contributed by atoms with van der Waals surface area (Å²) in [6.45, 7) is 0. The van der Waals surface area contributed by atoms with Gasteiger partial charge in [0, 0.05) is 0 Å². The van der Waals surface area contributed by atoms with E-state index in [9.17, 15) is 21.2 Å². The molecule has 3 nitrogen and oxygen atoms in total. The second kappa shape index (κ2) is 3.19. The molecule has 11 heteroatoms. The molecule has 0 atom stereocenters. The molecule has 72 valence electrons. The van der Waals surface area contributed by atoms with Gasteiger partial charge in [0.1, 0.15) is 0 Å². The third kappa shape index (κ3) is 277000.